The van der Waals surface area contributed by atoms with Crippen LogP contribution in [0.2, 0.25) is 0 Å². The molecule has 0 saturated carbocycles. The predicted octanol–water partition coefficient (Wildman–Crippen LogP) is -0.856. The standard InChI is InChI=1S/C32H30B2F6N4O12/c1-13(41-27(48)14-6-19(31(35,36)37)17-11-55-33(53)21(17)8-14)26(43-28(49)15-7-20(32(38,39)40)18-12-56-34(54)22(18)9-15)29(50)42-23(30(51)52)3-2-16(45)10-44-24(46)4-5-25(44)47/h6-9,13,23,26,53-54H,2-5,10-12H2,1H3,(H,41,48)(H,42,50)(H,43,49)(H,51,52)/t13-,23?,26-/m0/s1. The van der Waals surface area contributed by atoms with Crippen LogP contribution in [0.15, 0.2) is 24.3 Å². The van der Waals surface area contributed by atoms with Crippen LogP contribution in [-0.2, 0) is 58.8 Å². The molecule has 0 bridgehead atoms. The SMILES string of the molecule is C[C@H](NC(=O)c1cc2c(c(C(F)(F)F)c1)COB2O)[C@H](NC(=O)c1cc2c(c(C(F)(F)F)c1)COB2O)C(=O)NC(CCC(=O)CN1C(=O)CCC1=O)C(=O)O. The molecule has 3 aliphatic rings. The number of hydrogen-bond donors (Lipinski definition) is 6. The first-order chi connectivity index (χ1) is 26.1. The van der Waals surface area contributed by atoms with Crippen LogP contribution in [0.1, 0.15) is 75.6 Å². The Morgan fingerprint density at radius 1 is 0.786 bits per heavy atom. The molecule has 1 saturated heterocycles. The number of likely N-dealkylation sites (tertiary alicyclic amines) is 1. The van der Waals surface area contributed by atoms with Gasteiger partial charge in [0.05, 0.1) is 36.9 Å². The van der Waals surface area contributed by atoms with E-state index in [1.54, 1.807) is 0 Å². The maximum absolute atomic E-state index is 14.0. The van der Waals surface area contributed by atoms with Gasteiger partial charge in [0.15, 0.2) is 5.78 Å². The van der Waals surface area contributed by atoms with Gasteiger partial charge in [-0.15, -0.1) is 0 Å². The van der Waals surface area contributed by atoms with Crippen molar-refractivity contribution in [3.63, 3.8) is 0 Å². The van der Waals surface area contributed by atoms with Crippen LogP contribution in [0.25, 0.3) is 0 Å². The molecule has 0 aromatic heterocycles. The number of rotatable bonds is 13. The zero-order valence-corrected chi connectivity index (χ0v) is 28.9. The molecule has 3 heterocycles. The minimum atomic E-state index is -5.06. The molecule has 5 rings (SSSR count). The summed E-state index contributed by atoms with van der Waals surface area (Å²) in [5.74, 6) is -7.84. The number of carbonyl (C=O) groups is 7. The number of Topliss-reactive ketones (excluding diaryl/α,β-unsaturated/α-hetero) is 1. The van der Waals surface area contributed by atoms with Gasteiger partial charge in [-0.05, 0) is 59.7 Å². The van der Waals surface area contributed by atoms with E-state index in [4.69, 9.17) is 9.31 Å². The molecule has 3 atom stereocenters. The summed E-state index contributed by atoms with van der Waals surface area (Å²) in [6, 6.07) is -3.11. The molecule has 2 aromatic rings. The van der Waals surface area contributed by atoms with Gasteiger partial charge in [0.25, 0.3) is 11.8 Å². The number of carboxylic acid groups (broad SMARTS) is 1. The fraction of sp³-hybridized carbons (Fsp3) is 0.406. The van der Waals surface area contributed by atoms with Gasteiger partial charge in [0.2, 0.25) is 17.7 Å². The van der Waals surface area contributed by atoms with Crippen LogP contribution in [-0.4, -0.2) is 100 Å². The van der Waals surface area contributed by atoms with Gasteiger partial charge in [0, 0.05) is 30.4 Å². The Balaban J connectivity index is 1.42. The maximum atomic E-state index is 14.0. The van der Waals surface area contributed by atoms with Crippen LogP contribution in [0.5, 0.6) is 0 Å². The number of hydrogen-bond acceptors (Lipinski definition) is 11. The quantitative estimate of drug-likeness (QED) is 0.0826. The molecule has 24 heteroatoms. The molecule has 3 aliphatic heterocycles. The summed E-state index contributed by atoms with van der Waals surface area (Å²) < 4.78 is 93.3. The van der Waals surface area contributed by atoms with Crippen molar-refractivity contribution in [1.82, 2.24) is 20.9 Å². The predicted molar refractivity (Wildman–Crippen MR) is 176 cm³/mol. The molecule has 5 amide bonds. The van der Waals surface area contributed by atoms with Crippen molar-refractivity contribution in [2.45, 2.75) is 76.3 Å². The fourth-order valence-corrected chi connectivity index (χ4v) is 6.32. The number of aliphatic carboxylic acids is 1. The summed E-state index contributed by atoms with van der Waals surface area (Å²) >= 11 is 0. The molecule has 0 spiro atoms. The summed E-state index contributed by atoms with van der Waals surface area (Å²) in [7, 11) is -3.70. The van der Waals surface area contributed by atoms with E-state index in [9.17, 15) is 75.1 Å². The number of fused-ring (bicyclic) bond motifs is 2. The first-order valence-corrected chi connectivity index (χ1v) is 16.6. The van der Waals surface area contributed by atoms with E-state index < -0.39 is 157 Å². The summed E-state index contributed by atoms with van der Waals surface area (Å²) in [6.45, 7) is -0.914. The lowest BCUT2D eigenvalue weighted by Crippen LogP contribution is -2.59. The molecule has 0 radical (unpaired) electrons. The Morgan fingerprint density at radius 2 is 1.25 bits per heavy atom. The van der Waals surface area contributed by atoms with Crippen molar-refractivity contribution >= 4 is 66.5 Å². The van der Waals surface area contributed by atoms with Gasteiger partial charge in [-0.2, -0.15) is 26.3 Å². The summed E-state index contributed by atoms with van der Waals surface area (Å²) in [5, 5.41) is 36.3. The molecule has 6 N–H and O–H groups in total. The third-order valence-corrected chi connectivity index (χ3v) is 9.25. The zero-order valence-electron chi connectivity index (χ0n) is 28.9. The molecule has 16 nitrogen and oxygen atoms in total. The second-order valence-corrected chi connectivity index (χ2v) is 13.1. The highest BCUT2D eigenvalue weighted by atomic mass is 19.4. The number of imide groups is 1. The minimum Gasteiger partial charge on any atom is -0.480 e. The number of carbonyl (C=O) groups excluding carboxylic acids is 6. The van der Waals surface area contributed by atoms with E-state index in [-0.39, 0.29) is 18.3 Å². The molecule has 0 aliphatic carbocycles. The van der Waals surface area contributed by atoms with Crippen LogP contribution >= 0.6 is 0 Å². The summed E-state index contributed by atoms with van der Waals surface area (Å²) in [4.78, 5) is 89.6. The lowest BCUT2D eigenvalue weighted by Gasteiger charge is -2.27. The zero-order chi connectivity index (χ0) is 41.4. The van der Waals surface area contributed by atoms with Crippen molar-refractivity contribution in [1.29, 1.82) is 0 Å². The van der Waals surface area contributed by atoms with Crippen molar-refractivity contribution < 1.29 is 84.4 Å². The van der Waals surface area contributed by atoms with E-state index in [1.165, 1.54) is 0 Å². The van der Waals surface area contributed by atoms with Gasteiger partial charge in [-0.25, -0.2) is 4.79 Å². The summed E-state index contributed by atoms with van der Waals surface area (Å²) in [5.41, 5.74) is -5.90. The van der Waals surface area contributed by atoms with Crippen molar-refractivity contribution in [3.8, 4) is 0 Å². The number of alkyl halides is 6. The lowest BCUT2D eigenvalue weighted by molar-refractivity contribution is -0.144. The number of carboxylic acids is 1. The van der Waals surface area contributed by atoms with Crippen molar-refractivity contribution in [2.24, 2.45) is 0 Å². The Labute approximate surface area is 312 Å². The molecule has 1 fully saturated rings. The van der Waals surface area contributed by atoms with Gasteiger partial charge in [-0.3, -0.25) is 33.7 Å². The Bertz CT molecular complexity index is 1980. The molecule has 2 aromatic carbocycles. The average Bonchev–Trinajstić information content (AvgIpc) is 3.78. The van der Waals surface area contributed by atoms with Crippen molar-refractivity contribution in [3.05, 3.63) is 57.6 Å². The fourth-order valence-electron chi connectivity index (χ4n) is 6.32. The van der Waals surface area contributed by atoms with Crippen molar-refractivity contribution in [2.75, 3.05) is 6.54 Å². The lowest BCUT2D eigenvalue weighted by atomic mass is 9.77. The number of benzene rings is 2. The molecule has 56 heavy (non-hydrogen) atoms. The topological polar surface area (TPSA) is 238 Å². The van der Waals surface area contributed by atoms with Crippen LogP contribution in [0.3, 0.4) is 0 Å². The number of nitrogens with zero attached hydrogens (tertiary/aromatic N) is 1. The molecular formula is C32H30B2F6N4O12. The van der Waals surface area contributed by atoms with Crippen LogP contribution in [0, 0.1) is 0 Å². The monoisotopic (exact) mass is 798 g/mol. The number of amides is 5. The molecule has 1 unspecified atom stereocenters. The minimum absolute atomic E-state index is 0.120. The second-order valence-electron chi connectivity index (χ2n) is 13.1. The largest absolute Gasteiger partial charge is 0.491 e. The van der Waals surface area contributed by atoms with Gasteiger partial charge < -0.3 is 40.4 Å². The van der Waals surface area contributed by atoms with Gasteiger partial charge in [-0.1, -0.05) is 0 Å². The Hall–Kier alpha value is -5.32. The van der Waals surface area contributed by atoms with E-state index in [0.717, 1.165) is 19.1 Å². The molecular weight excluding hydrogens is 768 g/mol. The Morgan fingerprint density at radius 3 is 1.70 bits per heavy atom. The smallest absolute Gasteiger partial charge is 0.480 e. The van der Waals surface area contributed by atoms with E-state index in [0.29, 0.717) is 17.0 Å². The second kappa shape index (κ2) is 16.0. The van der Waals surface area contributed by atoms with E-state index >= 15 is 0 Å². The highest BCUT2D eigenvalue weighted by molar-refractivity contribution is 6.62. The molecule has 298 valence electrons. The highest BCUT2D eigenvalue weighted by Gasteiger charge is 2.43. The average molecular weight is 798 g/mol. The van der Waals surface area contributed by atoms with E-state index in [2.05, 4.69) is 10.6 Å². The van der Waals surface area contributed by atoms with Crippen LogP contribution in [0.4, 0.5) is 26.3 Å². The number of ketones is 1. The first-order valence-electron chi connectivity index (χ1n) is 16.6. The maximum Gasteiger partial charge on any atom is 0.491 e. The number of halogens is 6. The summed E-state index contributed by atoms with van der Waals surface area (Å²) in [6.07, 6.45) is -11.5. The number of nitrogens with one attached hydrogen (secondary N) is 3. The first kappa shape index (κ1) is 41.8. The van der Waals surface area contributed by atoms with Gasteiger partial charge in [0.1, 0.15) is 12.1 Å². The third kappa shape index (κ3) is 9.03. The normalized spacial score (nSPS) is 17.0. The highest BCUT2D eigenvalue weighted by Crippen LogP contribution is 2.35. The van der Waals surface area contributed by atoms with Crippen LogP contribution < -0.4 is 26.9 Å². The Kier molecular flexibility index (Phi) is 12.0. The van der Waals surface area contributed by atoms with Gasteiger partial charge >= 0.3 is 32.6 Å². The third-order valence-electron chi connectivity index (χ3n) is 9.25. The van der Waals surface area contributed by atoms with E-state index in [1.807, 2.05) is 5.32 Å².